The molecule has 136 valence electrons. The van der Waals surface area contributed by atoms with Crippen molar-refractivity contribution in [2.24, 2.45) is 0 Å². The predicted molar refractivity (Wildman–Crippen MR) is 88.5 cm³/mol. The number of hydrogen-bond donors (Lipinski definition) is 3. The Bertz CT molecular complexity index is 819. The van der Waals surface area contributed by atoms with Crippen LogP contribution in [0.15, 0.2) is 18.2 Å². The van der Waals surface area contributed by atoms with Crippen LogP contribution < -0.4 is 10.6 Å². The summed E-state index contributed by atoms with van der Waals surface area (Å²) in [6, 6.07) is 3.72. The molecule has 0 aliphatic carbocycles. The number of carbonyl (C=O) groups is 5. The lowest BCUT2D eigenvalue weighted by Crippen LogP contribution is -2.54. The molecule has 26 heavy (non-hydrogen) atoms. The molecule has 9 heteroatoms. The lowest BCUT2D eigenvalue weighted by Gasteiger charge is -2.27. The van der Waals surface area contributed by atoms with Gasteiger partial charge in [-0.3, -0.25) is 34.2 Å². The molecule has 0 aromatic heterocycles. The van der Waals surface area contributed by atoms with Gasteiger partial charge in [0.05, 0.1) is 11.1 Å². The van der Waals surface area contributed by atoms with Gasteiger partial charge in [0.15, 0.2) is 0 Å². The second-order valence-corrected chi connectivity index (χ2v) is 6.10. The molecule has 2 aliphatic rings. The third-order valence-corrected chi connectivity index (χ3v) is 4.35. The van der Waals surface area contributed by atoms with E-state index in [1.54, 1.807) is 12.1 Å². The van der Waals surface area contributed by atoms with Gasteiger partial charge in [0.1, 0.15) is 6.04 Å². The summed E-state index contributed by atoms with van der Waals surface area (Å²) in [5, 5.41) is 13.8. The molecule has 0 radical (unpaired) electrons. The third-order valence-electron chi connectivity index (χ3n) is 4.35. The van der Waals surface area contributed by atoms with E-state index < -0.39 is 35.6 Å². The molecule has 4 amide bonds. The lowest BCUT2D eigenvalue weighted by molar-refractivity contribution is -0.137. The summed E-state index contributed by atoms with van der Waals surface area (Å²) < 4.78 is 0. The minimum Gasteiger partial charge on any atom is -0.481 e. The van der Waals surface area contributed by atoms with Crippen molar-refractivity contribution >= 4 is 35.3 Å². The van der Waals surface area contributed by atoms with E-state index in [0.717, 1.165) is 4.90 Å². The Morgan fingerprint density at radius 1 is 1.23 bits per heavy atom. The number of imide groups is 2. The predicted octanol–water partition coefficient (Wildman–Crippen LogP) is 0.365. The van der Waals surface area contributed by atoms with Gasteiger partial charge in [-0.25, -0.2) is 0 Å². The molecule has 0 unspecified atom stereocenters. The Balaban J connectivity index is 1.81. The van der Waals surface area contributed by atoms with Crippen LogP contribution in [-0.4, -0.2) is 52.2 Å². The largest absolute Gasteiger partial charge is 0.481 e. The van der Waals surface area contributed by atoms with E-state index >= 15 is 0 Å². The number of nitrogens with zero attached hydrogens (tertiary/aromatic N) is 1. The minimum atomic E-state index is -1.01. The topological polar surface area (TPSA) is 133 Å². The number of amides is 4. The van der Waals surface area contributed by atoms with E-state index in [-0.39, 0.29) is 30.4 Å². The average molecular weight is 359 g/mol. The van der Waals surface area contributed by atoms with Gasteiger partial charge in [0.25, 0.3) is 11.8 Å². The van der Waals surface area contributed by atoms with Gasteiger partial charge in [-0.2, -0.15) is 0 Å². The highest BCUT2D eigenvalue weighted by Gasteiger charge is 2.45. The Morgan fingerprint density at radius 3 is 2.69 bits per heavy atom. The molecule has 2 aliphatic heterocycles. The van der Waals surface area contributed by atoms with Crippen LogP contribution in [0, 0.1) is 0 Å². The molecule has 1 aromatic carbocycles. The number of carboxylic acids is 1. The maximum Gasteiger partial charge on any atom is 0.303 e. The Labute approximate surface area is 148 Å². The Hall–Kier alpha value is -3.23. The maximum absolute atomic E-state index is 12.8. The van der Waals surface area contributed by atoms with Crippen molar-refractivity contribution in [2.75, 3.05) is 11.9 Å². The molecule has 1 saturated heterocycles. The van der Waals surface area contributed by atoms with E-state index in [1.165, 1.54) is 6.07 Å². The van der Waals surface area contributed by atoms with Gasteiger partial charge >= 0.3 is 5.97 Å². The van der Waals surface area contributed by atoms with Crippen LogP contribution in [0.5, 0.6) is 0 Å². The van der Waals surface area contributed by atoms with Crippen molar-refractivity contribution in [3.63, 3.8) is 0 Å². The molecule has 3 N–H and O–H groups in total. The molecule has 1 aromatic rings. The molecule has 3 rings (SSSR count). The van der Waals surface area contributed by atoms with Gasteiger partial charge in [0.2, 0.25) is 11.8 Å². The minimum absolute atomic E-state index is 0.0166. The van der Waals surface area contributed by atoms with E-state index in [2.05, 4.69) is 10.6 Å². The SMILES string of the molecule is O=C(O)CCCNc1cccc2c1C(=O)N([C@H]1CCC(=O)NC1=O)C2=O. The van der Waals surface area contributed by atoms with Crippen LogP contribution in [0.4, 0.5) is 5.69 Å². The summed E-state index contributed by atoms with van der Waals surface area (Å²) in [6.07, 6.45) is 0.497. The standard InChI is InChI=1S/C17H17N3O6/c21-12-7-6-11(15(24)19-12)20-16(25)9-3-1-4-10(14(9)17(20)26)18-8-2-5-13(22)23/h1,3-4,11,18H,2,5-8H2,(H,22,23)(H,19,21,24)/t11-/m0/s1. The van der Waals surface area contributed by atoms with Gasteiger partial charge in [-0.15, -0.1) is 0 Å². The number of anilines is 1. The molecule has 0 spiro atoms. The molecule has 1 atom stereocenters. The van der Waals surface area contributed by atoms with E-state index in [9.17, 15) is 24.0 Å². The zero-order valence-electron chi connectivity index (χ0n) is 13.8. The summed E-state index contributed by atoms with van der Waals surface area (Å²) in [4.78, 5) is 60.2. The normalized spacial score (nSPS) is 19.4. The fourth-order valence-electron chi connectivity index (χ4n) is 3.12. The van der Waals surface area contributed by atoms with E-state index in [0.29, 0.717) is 18.7 Å². The zero-order chi connectivity index (χ0) is 18.8. The van der Waals surface area contributed by atoms with Gasteiger partial charge in [-0.1, -0.05) is 6.07 Å². The Kier molecular flexibility index (Phi) is 4.70. The molecular formula is C17H17N3O6. The summed E-state index contributed by atoms with van der Waals surface area (Å²) in [6.45, 7) is 0.322. The second-order valence-electron chi connectivity index (χ2n) is 6.10. The second kappa shape index (κ2) is 6.95. The van der Waals surface area contributed by atoms with Gasteiger partial charge in [0, 0.05) is 25.1 Å². The van der Waals surface area contributed by atoms with Crippen LogP contribution in [0.3, 0.4) is 0 Å². The summed E-state index contributed by atoms with van der Waals surface area (Å²) >= 11 is 0. The first-order valence-electron chi connectivity index (χ1n) is 8.20. The van der Waals surface area contributed by atoms with Crippen molar-refractivity contribution in [1.82, 2.24) is 10.2 Å². The van der Waals surface area contributed by atoms with Crippen LogP contribution in [0.1, 0.15) is 46.4 Å². The number of rotatable bonds is 6. The van der Waals surface area contributed by atoms with Crippen LogP contribution in [0.2, 0.25) is 0 Å². The fourth-order valence-corrected chi connectivity index (χ4v) is 3.12. The molecule has 0 bridgehead atoms. The summed E-state index contributed by atoms with van der Waals surface area (Å²) in [7, 11) is 0. The van der Waals surface area contributed by atoms with Gasteiger partial charge < -0.3 is 10.4 Å². The number of piperidine rings is 1. The highest BCUT2D eigenvalue weighted by Crippen LogP contribution is 2.32. The first kappa shape index (κ1) is 17.6. The number of nitrogens with one attached hydrogen (secondary N) is 2. The van der Waals surface area contributed by atoms with Crippen molar-refractivity contribution in [3.05, 3.63) is 29.3 Å². The van der Waals surface area contributed by atoms with E-state index in [4.69, 9.17) is 5.11 Å². The number of fused-ring (bicyclic) bond motifs is 1. The molecular weight excluding hydrogens is 342 g/mol. The van der Waals surface area contributed by atoms with Crippen molar-refractivity contribution in [1.29, 1.82) is 0 Å². The highest BCUT2D eigenvalue weighted by atomic mass is 16.4. The molecule has 9 nitrogen and oxygen atoms in total. The first-order valence-corrected chi connectivity index (χ1v) is 8.20. The number of carboxylic acid groups (broad SMARTS) is 1. The van der Waals surface area contributed by atoms with Crippen LogP contribution in [0.25, 0.3) is 0 Å². The third kappa shape index (κ3) is 3.15. The number of hydrogen-bond acceptors (Lipinski definition) is 6. The summed E-state index contributed by atoms with van der Waals surface area (Å²) in [5.74, 6) is -3.18. The molecule has 1 fully saturated rings. The average Bonchev–Trinajstić information content (AvgIpc) is 2.84. The van der Waals surface area contributed by atoms with Crippen LogP contribution in [-0.2, 0) is 14.4 Å². The number of aliphatic carboxylic acids is 1. The lowest BCUT2D eigenvalue weighted by atomic mass is 10.0. The molecule has 0 saturated carbocycles. The van der Waals surface area contributed by atoms with Crippen molar-refractivity contribution in [2.45, 2.75) is 31.7 Å². The Morgan fingerprint density at radius 2 is 2.00 bits per heavy atom. The van der Waals surface area contributed by atoms with Crippen molar-refractivity contribution in [3.8, 4) is 0 Å². The zero-order valence-corrected chi connectivity index (χ0v) is 13.8. The number of carbonyl (C=O) groups excluding carboxylic acids is 4. The fraction of sp³-hybridized carbons (Fsp3) is 0.353. The summed E-state index contributed by atoms with van der Waals surface area (Å²) in [5.41, 5.74) is 0.765. The first-order chi connectivity index (χ1) is 12.4. The number of benzene rings is 1. The van der Waals surface area contributed by atoms with Gasteiger partial charge in [-0.05, 0) is 25.0 Å². The molecule has 2 heterocycles. The smallest absolute Gasteiger partial charge is 0.303 e. The van der Waals surface area contributed by atoms with Crippen molar-refractivity contribution < 1.29 is 29.1 Å². The van der Waals surface area contributed by atoms with Crippen LogP contribution >= 0.6 is 0 Å². The maximum atomic E-state index is 12.8. The quantitative estimate of drug-likeness (QED) is 0.493. The highest BCUT2D eigenvalue weighted by molar-refractivity contribution is 6.25. The monoisotopic (exact) mass is 359 g/mol. The van der Waals surface area contributed by atoms with E-state index in [1.807, 2.05) is 0 Å².